The molecule has 1 aromatic heterocycles. The van der Waals surface area contributed by atoms with Crippen molar-refractivity contribution < 1.29 is 57.2 Å². The lowest BCUT2D eigenvalue weighted by Crippen LogP contribution is -2.71. The topological polar surface area (TPSA) is 173 Å². The van der Waals surface area contributed by atoms with Crippen molar-refractivity contribution in [1.82, 2.24) is 0 Å². The van der Waals surface area contributed by atoms with Crippen LogP contribution >= 0.6 is 0 Å². The van der Waals surface area contributed by atoms with Crippen molar-refractivity contribution in [2.75, 3.05) is 6.61 Å². The normalized spacial score (nSPS) is 40.7. The zero-order valence-corrected chi connectivity index (χ0v) is 27.0. The van der Waals surface area contributed by atoms with E-state index in [9.17, 15) is 33.9 Å². The molecule has 46 heavy (non-hydrogen) atoms. The van der Waals surface area contributed by atoms with Crippen molar-refractivity contribution in [2.45, 2.75) is 96.6 Å². The van der Waals surface area contributed by atoms with Gasteiger partial charge in [-0.1, -0.05) is 34.3 Å². The number of cyclic esters (lactones) is 1. The molecule has 1 N–H and O–H groups in total. The Hall–Kier alpha value is -3.80. The maximum Gasteiger partial charge on any atom is 0.307 e. The van der Waals surface area contributed by atoms with Crippen LogP contribution in [-0.4, -0.2) is 71.1 Å². The maximum atomic E-state index is 14.2. The highest BCUT2D eigenvalue weighted by atomic mass is 16.6. The number of carbonyl (C=O) groups excluding carboxylic acids is 6. The number of fused-ring (bicyclic) bond motifs is 2. The highest BCUT2D eigenvalue weighted by molar-refractivity contribution is 5.96. The van der Waals surface area contributed by atoms with E-state index < -0.39 is 93.8 Å². The summed E-state index contributed by atoms with van der Waals surface area (Å²) in [5.41, 5.74) is -6.46. The molecule has 1 aromatic rings. The highest BCUT2D eigenvalue weighted by Crippen LogP contribution is 2.68. The van der Waals surface area contributed by atoms with E-state index in [0.717, 1.165) is 0 Å². The second-order valence-corrected chi connectivity index (χ2v) is 14.4. The van der Waals surface area contributed by atoms with Gasteiger partial charge >= 0.3 is 17.9 Å². The molecule has 2 aliphatic carbocycles. The van der Waals surface area contributed by atoms with Gasteiger partial charge in [0.15, 0.2) is 11.4 Å². The second kappa shape index (κ2) is 11.5. The lowest BCUT2D eigenvalue weighted by molar-refractivity contribution is -0.234. The first-order valence-electron chi connectivity index (χ1n) is 15.6. The number of carbonyl (C=O) groups is 6. The Kier molecular flexibility index (Phi) is 8.37. The van der Waals surface area contributed by atoms with Crippen molar-refractivity contribution >= 4 is 35.9 Å². The highest BCUT2D eigenvalue weighted by Gasteiger charge is 2.77. The molecule has 0 bridgehead atoms. The molecule has 250 valence electrons. The first kappa shape index (κ1) is 33.6. The summed E-state index contributed by atoms with van der Waals surface area (Å²) in [6.07, 6.45) is -0.889. The van der Waals surface area contributed by atoms with Gasteiger partial charge in [0.1, 0.15) is 30.2 Å². The molecular formula is C34H42O12. The zero-order valence-electron chi connectivity index (χ0n) is 27.0. The third-order valence-electron chi connectivity index (χ3n) is 11.4. The number of hydrogen-bond donors (Lipinski definition) is 1. The SMILES string of the molecule is C=C1C(C2(C)C(C(C)=O)CC(=O)OC3(C)COC(=O)CC32)C(OC=O)C(OC(=O)CC(C)C)C2(C)C(c3ccoc3)CC(=O)C12O. The summed E-state index contributed by atoms with van der Waals surface area (Å²) in [6, 6.07) is 1.65. The molecule has 4 fully saturated rings. The third-order valence-corrected chi connectivity index (χ3v) is 11.4. The van der Waals surface area contributed by atoms with E-state index in [1.165, 1.54) is 19.5 Å². The molecular weight excluding hydrogens is 600 g/mol. The standard InChI is InChI=1S/C34H42O12/c1-17(2)10-26(39)45-30-29(44-16-35)28(18(3)34(41)24(37)11-22(33(30,34)7)20-8-9-42-14-20)32(6)21(19(4)36)12-27(40)46-31(5)15-43-25(38)13-23(31)32/h8-9,14,16-17,21-23,28-30,41H,3,10-13,15H2,1-2,4-7H3. The summed E-state index contributed by atoms with van der Waals surface area (Å²) in [6.45, 7) is 13.9. The summed E-state index contributed by atoms with van der Waals surface area (Å²) in [5.74, 6) is -7.23. The molecule has 12 nitrogen and oxygen atoms in total. The minimum Gasteiger partial charge on any atom is -0.472 e. The van der Waals surface area contributed by atoms with Gasteiger partial charge in [0.25, 0.3) is 6.47 Å². The number of hydrogen-bond acceptors (Lipinski definition) is 12. The number of rotatable bonds is 8. The monoisotopic (exact) mass is 642 g/mol. The predicted octanol–water partition coefficient (Wildman–Crippen LogP) is 3.24. The van der Waals surface area contributed by atoms with Crippen LogP contribution in [0, 0.1) is 34.5 Å². The number of aliphatic hydroxyl groups is 1. The Balaban J connectivity index is 1.81. The van der Waals surface area contributed by atoms with Gasteiger partial charge in [-0.05, 0) is 42.4 Å². The first-order valence-corrected chi connectivity index (χ1v) is 15.6. The fourth-order valence-electron chi connectivity index (χ4n) is 9.25. The Morgan fingerprint density at radius 2 is 1.83 bits per heavy atom. The van der Waals surface area contributed by atoms with Crippen LogP contribution < -0.4 is 0 Å². The van der Waals surface area contributed by atoms with E-state index in [1.54, 1.807) is 26.8 Å². The quantitative estimate of drug-likeness (QED) is 0.190. The number of ether oxygens (including phenoxy) is 4. The minimum absolute atomic E-state index is 0.0169. The van der Waals surface area contributed by atoms with E-state index in [0.29, 0.717) is 5.56 Å². The van der Waals surface area contributed by atoms with Crippen LogP contribution in [-0.2, 0) is 47.7 Å². The largest absolute Gasteiger partial charge is 0.472 e. The fraction of sp³-hybridized carbons (Fsp3) is 0.647. The van der Waals surface area contributed by atoms with Crippen LogP contribution in [0.5, 0.6) is 0 Å². The van der Waals surface area contributed by atoms with Gasteiger partial charge in [-0.2, -0.15) is 0 Å². The van der Waals surface area contributed by atoms with Gasteiger partial charge in [0.05, 0.1) is 30.8 Å². The summed E-state index contributed by atoms with van der Waals surface area (Å²) in [4.78, 5) is 79.6. The Morgan fingerprint density at radius 1 is 1.13 bits per heavy atom. The summed E-state index contributed by atoms with van der Waals surface area (Å²) in [7, 11) is 0. The van der Waals surface area contributed by atoms with Crippen LogP contribution in [0.1, 0.15) is 78.7 Å². The minimum atomic E-state index is -2.36. The van der Waals surface area contributed by atoms with Crippen molar-refractivity contribution in [3.8, 4) is 0 Å². The summed E-state index contributed by atoms with van der Waals surface area (Å²) >= 11 is 0. The molecule has 2 saturated carbocycles. The van der Waals surface area contributed by atoms with Gasteiger partial charge in [-0.25, -0.2) is 0 Å². The third kappa shape index (κ3) is 4.74. The molecule has 2 aliphatic heterocycles. The van der Waals surface area contributed by atoms with Crippen LogP contribution in [0.3, 0.4) is 0 Å². The van der Waals surface area contributed by atoms with E-state index >= 15 is 0 Å². The Morgan fingerprint density at radius 3 is 2.41 bits per heavy atom. The van der Waals surface area contributed by atoms with Crippen molar-refractivity contribution in [1.29, 1.82) is 0 Å². The van der Waals surface area contributed by atoms with E-state index in [4.69, 9.17) is 23.4 Å². The second-order valence-electron chi connectivity index (χ2n) is 14.4. The first-order chi connectivity index (χ1) is 21.5. The maximum absolute atomic E-state index is 14.2. The molecule has 10 unspecified atom stereocenters. The molecule has 0 aromatic carbocycles. The Bertz CT molecular complexity index is 1460. The lowest BCUT2D eigenvalue weighted by atomic mass is 9.45. The van der Waals surface area contributed by atoms with Gasteiger partial charge < -0.3 is 28.5 Å². The van der Waals surface area contributed by atoms with Crippen molar-refractivity contribution in [3.63, 3.8) is 0 Å². The number of ketones is 2. The van der Waals surface area contributed by atoms with Gasteiger partial charge in [0.2, 0.25) is 0 Å². The van der Waals surface area contributed by atoms with E-state index in [1.807, 2.05) is 13.8 Å². The van der Waals surface area contributed by atoms with Crippen LogP contribution in [0.15, 0.2) is 35.2 Å². The fourth-order valence-corrected chi connectivity index (χ4v) is 9.25. The van der Waals surface area contributed by atoms with Crippen LogP contribution in [0.25, 0.3) is 0 Å². The number of Topliss-reactive ketones (excluding diaryl/α,β-unsaturated/α-hetero) is 2. The molecule has 0 radical (unpaired) electrons. The molecule has 2 saturated heterocycles. The molecule has 4 aliphatic rings. The van der Waals surface area contributed by atoms with Crippen molar-refractivity contribution in [3.05, 3.63) is 36.3 Å². The summed E-state index contributed by atoms with van der Waals surface area (Å²) in [5, 5.41) is 12.8. The Labute approximate surface area is 267 Å². The number of esters is 3. The van der Waals surface area contributed by atoms with E-state index in [2.05, 4.69) is 6.58 Å². The molecule has 12 heteroatoms. The van der Waals surface area contributed by atoms with E-state index in [-0.39, 0.29) is 43.8 Å². The zero-order chi connectivity index (χ0) is 34.0. The molecule has 0 amide bonds. The molecule has 5 rings (SSSR count). The van der Waals surface area contributed by atoms with Crippen LogP contribution in [0.4, 0.5) is 0 Å². The van der Waals surface area contributed by atoms with Crippen molar-refractivity contribution in [2.24, 2.45) is 34.5 Å². The van der Waals surface area contributed by atoms with Crippen LogP contribution in [0.2, 0.25) is 0 Å². The molecule has 3 heterocycles. The average Bonchev–Trinajstić information content (AvgIpc) is 3.55. The van der Waals surface area contributed by atoms with Gasteiger partial charge in [-0.15, -0.1) is 0 Å². The lowest BCUT2D eigenvalue weighted by Gasteiger charge is -2.61. The van der Waals surface area contributed by atoms with Gasteiger partial charge in [0, 0.05) is 36.5 Å². The average molecular weight is 643 g/mol. The van der Waals surface area contributed by atoms with Gasteiger partial charge in [-0.3, -0.25) is 28.8 Å². The molecule has 10 atom stereocenters. The smallest absolute Gasteiger partial charge is 0.307 e. The number of furan rings is 1. The summed E-state index contributed by atoms with van der Waals surface area (Å²) < 4.78 is 28.6. The molecule has 0 spiro atoms. The predicted molar refractivity (Wildman–Crippen MR) is 157 cm³/mol.